The predicted molar refractivity (Wildman–Crippen MR) is 81.0 cm³/mol. The molecule has 96 valence electrons. The van der Waals surface area contributed by atoms with E-state index in [2.05, 4.69) is 48.4 Å². The molecule has 1 aromatic carbocycles. The molecular weight excluding hydrogens is 240 g/mol. The summed E-state index contributed by atoms with van der Waals surface area (Å²) in [7, 11) is 0. The Bertz CT molecular complexity index is 493. The molecule has 0 aliphatic heterocycles. The quantitative estimate of drug-likeness (QED) is 0.861. The first kappa shape index (κ1) is 13.4. The Kier molecular flexibility index (Phi) is 5.02. The summed E-state index contributed by atoms with van der Waals surface area (Å²) in [5.74, 6) is 2.36. The molecule has 1 atom stereocenters. The second-order valence-corrected chi connectivity index (χ2v) is 5.77. The van der Waals surface area contributed by atoms with Gasteiger partial charge in [-0.1, -0.05) is 25.1 Å². The molecule has 0 spiro atoms. The lowest BCUT2D eigenvalue weighted by atomic mass is 10.1. The number of nitrogens with one attached hydrogen (secondary N) is 1. The van der Waals surface area contributed by atoms with Crippen LogP contribution < -0.4 is 5.32 Å². The highest BCUT2D eigenvalue weighted by atomic mass is 32.2. The molecule has 0 bridgehead atoms. The summed E-state index contributed by atoms with van der Waals surface area (Å²) in [5.41, 5.74) is 1.35. The number of thioether (sulfide) groups is 1. The zero-order chi connectivity index (χ0) is 12.8. The van der Waals surface area contributed by atoms with Crippen molar-refractivity contribution in [3.8, 4) is 0 Å². The van der Waals surface area contributed by atoms with Gasteiger partial charge in [0.25, 0.3) is 0 Å². The van der Waals surface area contributed by atoms with E-state index in [-0.39, 0.29) is 0 Å². The first-order valence-electron chi connectivity index (χ1n) is 6.44. The second-order valence-electron chi connectivity index (χ2n) is 4.46. The standard InChI is InChI=1S/C15H20N2S/c1-3-18-11-12(2)17-10-14-6-4-5-13-9-16-8-7-15(13)14/h4-9,12,17H,3,10-11H2,1-2H3. The van der Waals surface area contributed by atoms with E-state index in [1.165, 1.54) is 27.8 Å². The molecule has 1 heterocycles. The highest BCUT2D eigenvalue weighted by Gasteiger charge is 2.03. The third kappa shape index (κ3) is 3.47. The summed E-state index contributed by atoms with van der Waals surface area (Å²) in [5, 5.41) is 6.10. The summed E-state index contributed by atoms with van der Waals surface area (Å²) < 4.78 is 0. The Labute approximate surface area is 113 Å². The monoisotopic (exact) mass is 260 g/mol. The fraction of sp³-hybridized carbons (Fsp3) is 0.400. The van der Waals surface area contributed by atoms with Crippen LogP contribution in [0.1, 0.15) is 19.4 Å². The van der Waals surface area contributed by atoms with Gasteiger partial charge in [0.15, 0.2) is 0 Å². The van der Waals surface area contributed by atoms with Gasteiger partial charge in [0.1, 0.15) is 0 Å². The van der Waals surface area contributed by atoms with Crippen LogP contribution in [0.4, 0.5) is 0 Å². The number of pyridine rings is 1. The average Bonchev–Trinajstić information content (AvgIpc) is 2.42. The summed E-state index contributed by atoms with van der Waals surface area (Å²) in [4.78, 5) is 4.17. The van der Waals surface area contributed by atoms with Gasteiger partial charge in [0.2, 0.25) is 0 Å². The van der Waals surface area contributed by atoms with Gasteiger partial charge < -0.3 is 5.32 Å². The lowest BCUT2D eigenvalue weighted by Crippen LogP contribution is -2.27. The number of benzene rings is 1. The van der Waals surface area contributed by atoms with Gasteiger partial charge in [-0.3, -0.25) is 4.98 Å². The molecule has 2 nitrogen and oxygen atoms in total. The maximum Gasteiger partial charge on any atom is 0.0346 e. The van der Waals surface area contributed by atoms with Gasteiger partial charge >= 0.3 is 0 Å². The maximum absolute atomic E-state index is 4.17. The van der Waals surface area contributed by atoms with Gasteiger partial charge in [-0.05, 0) is 29.7 Å². The van der Waals surface area contributed by atoms with Crippen molar-refractivity contribution in [2.75, 3.05) is 11.5 Å². The zero-order valence-electron chi connectivity index (χ0n) is 11.0. The Balaban J connectivity index is 2.03. The van der Waals surface area contributed by atoms with Crippen LogP contribution in [0, 0.1) is 0 Å². The Morgan fingerprint density at radius 3 is 3.06 bits per heavy atom. The van der Waals surface area contributed by atoms with Gasteiger partial charge in [-0.25, -0.2) is 0 Å². The van der Waals surface area contributed by atoms with Crippen LogP contribution >= 0.6 is 11.8 Å². The lowest BCUT2D eigenvalue weighted by Gasteiger charge is -2.14. The van der Waals surface area contributed by atoms with Crippen LogP contribution in [0.5, 0.6) is 0 Å². The van der Waals surface area contributed by atoms with E-state index in [1.54, 1.807) is 0 Å². The fourth-order valence-electron chi connectivity index (χ4n) is 1.98. The summed E-state index contributed by atoms with van der Waals surface area (Å²) in [6.45, 7) is 5.37. The normalized spacial score (nSPS) is 12.8. The van der Waals surface area contributed by atoms with Crippen molar-refractivity contribution < 1.29 is 0 Å². The minimum atomic E-state index is 0.548. The molecule has 18 heavy (non-hydrogen) atoms. The van der Waals surface area contributed by atoms with Gasteiger partial charge in [0, 0.05) is 36.1 Å². The van der Waals surface area contributed by atoms with Gasteiger partial charge in [0.05, 0.1) is 0 Å². The lowest BCUT2D eigenvalue weighted by molar-refractivity contribution is 0.598. The number of rotatable bonds is 6. The van der Waals surface area contributed by atoms with E-state index in [9.17, 15) is 0 Å². The molecule has 1 aromatic heterocycles. The van der Waals surface area contributed by atoms with Crippen LogP contribution in [0.15, 0.2) is 36.7 Å². The van der Waals surface area contributed by atoms with Gasteiger partial charge in [-0.15, -0.1) is 0 Å². The van der Waals surface area contributed by atoms with Crippen molar-refractivity contribution in [2.24, 2.45) is 0 Å². The molecule has 3 heteroatoms. The van der Waals surface area contributed by atoms with E-state index in [0.29, 0.717) is 6.04 Å². The van der Waals surface area contributed by atoms with Crippen molar-refractivity contribution in [2.45, 2.75) is 26.4 Å². The second kappa shape index (κ2) is 6.76. The molecular formula is C15H20N2S. The Hall–Kier alpha value is -1.06. The Morgan fingerprint density at radius 2 is 2.22 bits per heavy atom. The number of fused-ring (bicyclic) bond motifs is 1. The van der Waals surface area contributed by atoms with Crippen molar-refractivity contribution in [3.63, 3.8) is 0 Å². The highest BCUT2D eigenvalue weighted by molar-refractivity contribution is 7.99. The molecule has 2 aromatic rings. The van der Waals surface area contributed by atoms with E-state index < -0.39 is 0 Å². The SMILES string of the molecule is CCSCC(C)NCc1cccc2cnccc12. The molecule has 1 unspecified atom stereocenters. The molecule has 0 saturated carbocycles. The first-order chi connectivity index (χ1) is 8.81. The van der Waals surface area contributed by atoms with Crippen molar-refractivity contribution in [1.29, 1.82) is 0 Å². The van der Waals surface area contributed by atoms with Crippen LogP contribution in [0.2, 0.25) is 0 Å². The number of aromatic nitrogens is 1. The van der Waals surface area contributed by atoms with E-state index in [4.69, 9.17) is 0 Å². The molecule has 1 N–H and O–H groups in total. The number of nitrogens with zero attached hydrogens (tertiary/aromatic N) is 1. The third-order valence-corrected chi connectivity index (χ3v) is 4.13. The maximum atomic E-state index is 4.17. The molecule has 2 rings (SSSR count). The molecule has 0 fully saturated rings. The average molecular weight is 260 g/mol. The molecule has 0 radical (unpaired) electrons. The molecule has 0 amide bonds. The van der Waals surface area contributed by atoms with E-state index >= 15 is 0 Å². The highest BCUT2D eigenvalue weighted by Crippen LogP contribution is 2.17. The third-order valence-electron chi connectivity index (χ3n) is 2.98. The number of hydrogen-bond acceptors (Lipinski definition) is 3. The number of hydrogen-bond donors (Lipinski definition) is 1. The van der Waals surface area contributed by atoms with Gasteiger partial charge in [-0.2, -0.15) is 11.8 Å². The largest absolute Gasteiger partial charge is 0.309 e. The summed E-state index contributed by atoms with van der Waals surface area (Å²) in [6, 6.07) is 9.05. The van der Waals surface area contributed by atoms with Crippen LogP contribution in [0.3, 0.4) is 0 Å². The van der Waals surface area contributed by atoms with Crippen molar-refractivity contribution >= 4 is 22.5 Å². The summed E-state index contributed by atoms with van der Waals surface area (Å²) >= 11 is 1.98. The molecule has 0 aliphatic carbocycles. The van der Waals surface area contributed by atoms with Crippen molar-refractivity contribution in [3.05, 3.63) is 42.2 Å². The molecule has 0 saturated heterocycles. The van der Waals surface area contributed by atoms with Crippen molar-refractivity contribution in [1.82, 2.24) is 10.3 Å². The smallest absolute Gasteiger partial charge is 0.0346 e. The molecule has 0 aliphatic rings. The Morgan fingerprint density at radius 1 is 1.33 bits per heavy atom. The zero-order valence-corrected chi connectivity index (χ0v) is 11.8. The fourth-order valence-corrected chi connectivity index (χ4v) is 2.69. The minimum Gasteiger partial charge on any atom is -0.309 e. The summed E-state index contributed by atoms with van der Waals surface area (Å²) in [6.07, 6.45) is 3.79. The topological polar surface area (TPSA) is 24.9 Å². The minimum absolute atomic E-state index is 0.548. The van der Waals surface area contributed by atoms with E-state index in [1.807, 2.05) is 24.2 Å². The van der Waals surface area contributed by atoms with E-state index in [0.717, 1.165) is 6.54 Å². The first-order valence-corrected chi connectivity index (χ1v) is 7.59. The van der Waals surface area contributed by atoms with Crippen LogP contribution in [0.25, 0.3) is 10.8 Å². The van der Waals surface area contributed by atoms with Crippen LogP contribution in [-0.4, -0.2) is 22.5 Å². The van der Waals surface area contributed by atoms with Crippen LogP contribution in [-0.2, 0) is 6.54 Å². The predicted octanol–water partition coefficient (Wildman–Crippen LogP) is 3.47.